The van der Waals surface area contributed by atoms with Gasteiger partial charge in [-0.1, -0.05) is 0 Å². The number of amides is 1. The lowest BCUT2D eigenvalue weighted by Gasteiger charge is -2.65. The maximum absolute atomic E-state index is 13.2. The van der Waals surface area contributed by atoms with E-state index in [4.69, 9.17) is 4.74 Å². The molecule has 0 saturated heterocycles. The van der Waals surface area contributed by atoms with Gasteiger partial charge in [0.05, 0.1) is 0 Å². The molecule has 0 spiro atoms. The zero-order chi connectivity index (χ0) is 11.3. The Balaban J connectivity index is 1.69. The molecule has 4 heteroatoms. The Bertz CT molecular complexity index is 276. The van der Waals surface area contributed by atoms with E-state index in [2.05, 4.69) is 5.32 Å². The number of carbonyl (C=O) groups excluding carboxylic acids is 1. The highest BCUT2D eigenvalue weighted by Gasteiger charge is 2.68. The lowest BCUT2D eigenvalue weighted by molar-refractivity contribution is -0.209. The fraction of sp³-hybridized carbons (Fsp3) is 0.909. The minimum atomic E-state index is -0.893. The van der Waals surface area contributed by atoms with Crippen molar-refractivity contribution >= 4 is 6.09 Å². The van der Waals surface area contributed by atoms with E-state index in [-0.39, 0.29) is 5.41 Å². The van der Waals surface area contributed by atoms with Gasteiger partial charge in [0.2, 0.25) is 0 Å². The van der Waals surface area contributed by atoms with Crippen LogP contribution < -0.4 is 5.32 Å². The van der Waals surface area contributed by atoms with Gasteiger partial charge in [-0.05, 0) is 45.4 Å². The smallest absolute Gasteiger partial charge is 0.407 e. The maximum Gasteiger partial charge on any atom is 0.407 e. The molecular weight excluding hydrogens is 197 g/mol. The van der Waals surface area contributed by atoms with Crippen LogP contribution in [0.1, 0.15) is 40.0 Å². The molecule has 0 aliphatic heterocycles. The second kappa shape index (κ2) is 2.86. The summed E-state index contributed by atoms with van der Waals surface area (Å²) in [5.41, 5.74) is -1.31. The van der Waals surface area contributed by atoms with Crippen LogP contribution in [0.2, 0.25) is 0 Å². The van der Waals surface area contributed by atoms with Crippen molar-refractivity contribution in [3.63, 3.8) is 0 Å². The third-order valence-electron chi connectivity index (χ3n) is 3.08. The minimum Gasteiger partial charge on any atom is -0.444 e. The molecule has 0 aromatic carbocycles. The number of halogens is 1. The predicted octanol–water partition coefficient (Wildman–Crippen LogP) is 2.40. The number of ether oxygens (including phenoxy) is 1. The molecule has 3 rings (SSSR count). The van der Waals surface area contributed by atoms with Gasteiger partial charge in [-0.3, -0.25) is 0 Å². The van der Waals surface area contributed by atoms with Crippen LogP contribution in [0, 0.1) is 5.41 Å². The zero-order valence-electron chi connectivity index (χ0n) is 9.52. The van der Waals surface area contributed by atoms with Gasteiger partial charge in [0.1, 0.15) is 11.3 Å². The summed E-state index contributed by atoms with van der Waals surface area (Å²) in [7, 11) is 0. The number of alkyl carbamates (subject to hydrolysis) is 1. The lowest BCUT2D eigenvalue weighted by atomic mass is 9.42. The molecule has 3 aliphatic carbocycles. The first kappa shape index (κ1) is 10.7. The molecule has 0 heterocycles. The van der Waals surface area contributed by atoms with Gasteiger partial charge in [0.25, 0.3) is 0 Å². The van der Waals surface area contributed by atoms with Crippen LogP contribution in [-0.4, -0.2) is 23.9 Å². The van der Waals surface area contributed by atoms with E-state index in [1.165, 1.54) is 0 Å². The van der Waals surface area contributed by atoms with Gasteiger partial charge < -0.3 is 10.1 Å². The van der Waals surface area contributed by atoms with Crippen molar-refractivity contribution < 1.29 is 13.9 Å². The normalized spacial score (nSPS) is 37.6. The van der Waals surface area contributed by atoms with Crippen molar-refractivity contribution in [1.29, 1.82) is 0 Å². The Morgan fingerprint density at radius 2 is 1.93 bits per heavy atom. The SMILES string of the molecule is CC(C)(C)OC(=O)NCC12CC(F)(C1)C2. The summed E-state index contributed by atoms with van der Waals surface area (Å²) in [4.78, 5) is 11.3. The highest BCUT2D eigenvalue weighted by molar-refractivity contribution is 5.67. The number of hydrogen-bond donors (Lipinski definition) is 1. The number of hydrogen-bond acceptors (Lipinski definition) is 2. The molecule has 0 aromatic rings. The Morgan fingerprint density at radius 1 is 1.40 bits per heavy atom. The third kappa shape index (κ3) is 2.08. The molecule has 3 aliphatic rings. The Labute approximate surface area is 89.4 Å². The monoisotopic (exact) mass is 215 g/mol. The van der Waals surface area contributed by atoms with E-state index >= 15 is 0 Å². The maximum atomic E-state index is 13.2. The predicted molar refractivity (Wildman–Crippen MR) is 54.4 cm³/mol. The van der Waals surface area contributed by atoms with Gasteiger partial charge in [-0.25, -0.2) is 9.18 Å². The summed E-state index contributed by atoms with van der Waals surface area (Å²) in [5, 5.41) is 2.71. The quantitative estimate of drug-likeness (QED) is 0.768. The standard InChI is InChI=1S/C11H18FNO2/c1-9(2,3)15-8(14)13-7-10-4-11(12,5-10)6-10/h4-7H2,1-3H3,(H,13,14). The average Bonchev–Trinajstić information content (AvgIpc) is 1.90. The molecular formula is C11H18FNO2. The van der Waals surface area contributed by atoms with Crippen LogP contribution in [-0.2, 0) is 4.74 Å². The largest absolute Gasteiger partial charge is 0.444 e. The van der Waals surface area contributed by atoms with Crippen molar-refractivity contribution in [3.8, 4) is 0 Å². The van der Waals surface area contributed by atoms with Gasteiger partial charge >= 0.3 is 6.09 Å². The van der Waals surface area contributed by atoms with Gasteiger partial charge in [-0.15, -0.1) is 0 Å². The molecule has 3 saturated carbocycles. The summed E-state index contributed by atoms with van der Waals surface area (Å²) in [5.74, 6) is 0. The first-order valence-corrected chi connectivity index (χ1v) is 5.38. The molecule has 2 bridgehead atoms. The summed E-state index contributed by atoms with van der Waals surface area (Å²) < 4.78 is 18.3. The first-order chi connectivity index (χ1) is 6.72. The van der Waals surface area contributed by atoms with E-state index in [9.17, 15) is 9.18 Å². The van der Waals surface area contributed by atoms with E-state index in [1.807, 2.05) is 20.8 Å². The zero-order valence-corrected chi connectivity index (χ0v) is 9.52. The topological polar surface area (TPSA) is 38.3 Å². The molecule has 0 atom stereocenters. The molecule has 1 amide bonds. The van der Waals surface area contributed by atoms with Gasteiger partial charge in [-0.2, -0.15) is 0 Å². The van der Waals surface area contributed by atoms with E-state index in [0.717, 1.165) is 0 Å². The Morgan fingerprint density at radius 3 is 2.33 bits per heavy atom. The molecule has 3 nitrogen and oxygen atoms in total. The van der Waals surface area contributed by atoms with Crippen molar-refractivity contribution in [2.24, 2.45) is 5.41 Å². The lowest BCUT2D eigenvalue weighted by Crippen LogP contribution is -2.68. The fourth-order valence-corrected chi connectivity index (χ4v) is 2.62. The third-order valence-corrected chi connectivity index (χ3v) is 3.08. The minimum absolute atomic E-state index is 0.0473. The molecule has 0 unspecified atom stereocenters. The van der Waals surface area contributed by atoms with Crippen LogP contribution in [0.5, 0.6) is 0 Å². The number of nitrogens with one attached hydrogen (secondary N) is 1. The van der Waals surface area contributed by atoms with E-state index in [0.29, 0.717) is 25.8 Å². The van der Waals surface area contributed by atoms with Gasteiger partial charge in [0.15, 0.2) is 0 Å². The summed E-state index contributed by atoms with van der Waals surface area (Å²) in [6.07, 6.45) is 1.42. The molecule has 86 valence electrons. The van der Waals surface area contributed by atoms with E-state index < -0.39 is 17.4 Å². The van der Waals surface area contributed by atoms with Crippen LogP contribution in [0.3, 0.4) is 0 Å². The Hall–Kier alpha value is -0.800. The molecule has 15 heavy (non-hydrogen) atoms. The Kier molecular flexibility index (Phi) is 2.04. The molecule has 0 aromatic heterocycles. The van der Waals surface area contributed by atoms with Crippen molar-refractivity contribution in [2.45, 2.75) is 51.3 Å². The molecule has 3 fully saturated rings. The summed E-state index contributed by atoms with van der Waals surface area (Å²) >= 11 is 0. The van der Waals surface area contributed by atoms with Gasteiger partial charge in [0, 0.05) is 6.54 Å². The number of alkyl halides is 1. The molecule has 1 N–H and O–H groups in total. The second-order valence-electron chi connectivity index (χ2n) is 6.04. The average molecular weight is 215 g/mol. The number of rotatable bonds is 2. The molecule has 0 radical (unpaired) electrons. The first-order valence-electron chi connectivity index (χ1n) is 5.38. The van der Waals surface area contributed by atoms with Crippen LogP contribution in [0.25, 0.3) is 0 Å². The summed E-state index contributed by atoms with van der Waals surface area (Å²) in [6.45, 7) is 6.02. The fourth-order valence-electron chi connectivity index (χ4n) is 2.62. The second-order valence-corrected chi connectivity index (χ2v) is 6.04. The van der Waals surface area contributed by atoms with Crippen LogP contribution in [0.15, 0.2) is 0 Å². The highest BCUT2D eigenvalue weighted by Crippen LogP contribution is 2.69. The summed E-state index contributed by atoms with van der Waals surface area (Å²) in [6, 6.07) is 0. The van der Waals surface area contributed by atoms with Crippen molar-refractivity contribution in [1.82, 2.24) is 5.32 Å². The highest BCUT2D eigenvalue weighted by atomic mass is 19.1. The van der Waals surface area contributed by atoms with E-state index in [1.54, 1.807) is 0 Å². The van der Waals surface area contributed by atoms with Crippen LogP contribution in [0.4, 0.5) is 9.18 Å². The number of carbonyl (C=O) groups is 1. The van der Waals surface area contributed by atoms with Crippen molar-refractivity contribution in [2.75, 3.05) is 6.54 Å². The van der Waals surface area contributed by atoms with Crippen molar-refractivity contribution in [3.05, 3.63) is 0 Å². The van der Waals surface area contributed by atoms with Crippen LogP contribution >= 0.6 is 0 Å².